The van der Waals surface area contributed by atoms with Gasteiger partial charge in [-0.2, -0.15) is 5.26 Å². The Balaban J connectivity index is 1.98. The first-order valence-electron chi connectivity index (χ1n) is 6.91. The fourth-order valence-corrected chi connectivity index (χ4v) is 2.27. The second-order valence-corrected chi connectivity index (χ2v) is 5.84. The van der Waals surface area contributed by atoms with E-state index in [0.29, 0.717) is 26.9 Å². The summed E-state index contributed by atoms with van der Waals surface area (Å²) in [5.74, 6) is -0.679. The van der Waals surface area contributed by atoms with Crippen molar-refractivity contribution in [1.82, 2.24) is 4.90 Å². The zero-order chi connectivity index (χ0) is 17.7. The maximum atomic E-state index is 12.3. The molecule has 0 saturated heterocycles. The fraction of sp³-hybridized carbons (Fsp3) is 0.118. The third-order valence-electron chi connectivity index (χ3n) is 3.19. The van der Waals surface area contributed by atoms with Gasteiger partial charge in [0, 0.05) is 18.3 Å². The molecule has 2 rings (SSSR count). The lowest BCUT2D eigenvalue weighted by Gasteiger charge is -2.17. The van der Waals surface area contributed by atoms with Gasteiger partial charge in [-0.25, -0.2) is 0 Å². The normalized spacial score (nSPS) is 9.92. The van der Waals surface area contributed by atoms with E-state index in [1.807, 2.05) is 6.07 Å². The monoisotopic (exact) mass is 361 g/mol. The summed E-state index contributed by atoms with van der Waals surface area (Å²) in [6.07, 6.45) is 0. The van der Waals surface area contributed by atoms with E-state index in [1.165, 1.54) is 18.0 Å². The molecule has 0 aliphatic rings. The van der Waals surface area contributed by atoms with Crippen molar-refractivity contribution in [1.29, 1.82) is 5.26 Å². The van der Waals surface area contributed by atoms with E-state index in [9.17, 15) is 9.59 Å². The quantitative estimate of drug-likeness (QED) is 0.904. The Labute approximate surface area is 149 Å². The molecular weight excluding hydrogens is 349 g/mol. The minimum Gasteiger partial charge on any atom is -0.332 e. The highest BCUT2D eigenvalue weighted by atomic mass is 35.5. The number of carbonyl (C=O) groups is 2. The summed E-state index contributed by atoms with van der Waals surface area (Å²) in [4.78, 5) is 25.6. The molecule has 0 fully saturated rings. The first-order chi connectivity index (χ1) is 11.4. The van der Waals surface area contributed by atoms with Crippen LogP contribution in [0.4, 0.5) is 5.69 Å². The number of benzene rings is 2. The van der Waals surface area contributed by atoms with Gasteiger partial charge in [0.25, 0.3) is 5.91 Å². The van der Waals surface area contributed by atoms with Crippen LogP contribution in [0.1, 0.15) is 15.9 Å². The van der Waals surface area contributed by atoms with Crippen LogP contribution in [0.25, 0.3) is 0 Å². The Morgan fingerprint density at radius 1 is 1.12 bits per heavy atom. The van der Waals surface area contributed by atoms with E-state index in [2.05, 4.69) is 5.32 Å². The minimum absolute atomic E-state index is 0.126. The van der Waals surface area contributed by atoms with Crippen LogP contribution in [0.15, 0.2) is 42.5 Å². The summed E-state index contributed by atoms with van der Waals surface area (Å²) in [5.41, 5.74) is 1.36. The second kappa shape index (κ2) is 7.82. The maximum Gasteiger partial charge on any atom is 0.254 e. The standard InChI is InChI=1S/C17H13Cl2N3O2/c1-22(17(24)12-4-2-11(9-20)3-5-12)10-16(23)21-13-6-7-14(18)15(19)8-13/h2-8H,10H2,1H3,(H,21,23). The molecule has 0 atom stereocenters. The summed E-state index contributed by atoms with van der Waals surface area (Å²) in [6.45, 7) is -0.126. The smallest absolute Gasteiger partial charge is 0.254 e. The van der Waals surface area contributed by atoms with E-state index < -0.39 is 0 Å². The topological polar surface area (TPSA) is 73.2 Å². The molecule has 122 valence electrons. The van der Waals surface area contributed by atoms with Gasteiger partial charge in [0.05, 0.1) is 28.2 Å². The van der Waals surface area contributed by atoms with Crippen molar-refractivity contribution >= 4 is 40.7 Å². The van der Waals surface area contributed by atoms with Crippen LogP contribution < -0.4 is 5.32 Å². The molecule has 0 bridgehead atoms. The molecule has 0 saturated carbocycles. The summed E-state index contributed by atoms with van der Waals surface area (Å²) < 4.78 is 0. The number of likely N-dealkylation sites (N-methyl/N-ethyl adjacent to an activating group) is 1. The van der Waals surface area contributed by atoms with Crippen molar-refractivity contribution in [3.05, 3.63) is 63.6 Å². The third-order valence-corrected chi connectivity index (χ3v) is 3.93. The maximum absolute atomic E-state index is 12.3. The van der Waals surface area contributed by atoms with Crippen molar-refractivity contribution in [2.45, 2.75) is 0 Å². The number of amides is 2. The average molecular weight is 362 g/mol. The first kappa shape index (κ1) is 17.8. The summed E-state index contributed by atoms with van der Waals surface area (Å²) in [6, 6.07) is 12.9. The lowest BCUT2D eigenvalue weighted by Crippen LogP contribution is -2.34. The predicted molar refractivity (Wildman–Crippen MR) is 93.2 cm³/mol. The SMILES string of the molecule is CN(CC(=O)Nc1ccc(Cl)c(Cl)c1)C(=O)c1ccc(C#N)cc1. The molecule has 0 radical (unpaired) electrons. The molecule has 7 heteroatoms. The van der Waals surface area contributed by atoms with Crippen molar-refractivity contribution in [2.75, 3.05) is 18.9 Å². The Kier molecular flexibility index (Phi) is 5.80. The second-order valence-electron chi connectivity index (χ2n) is 5.03. The van der Waals surface area contributed by atoms with E-state index in [0.717, 1.165) is 0 Å². The van der Waals surface area contributed by atoms with Crippen LogP contribution >= 0.6 is 23.2 Å². The van der Waals surface area contributed by atoms with E-state index in [1.54, 1.807) is 36.4 Å². The molecule has 24 heavy (non-hydrogen) atoms. The molecule has 0 spiro atoms. The molecule has 0 aliphatic heterocycles. The number of hydrogen-bond donors (Lipinski definition) is 1. The average Bonchev–Trinajstić information content (AvgIpc) is 2.57. The highest BCUT2D eigenvalue weighted by molar-refractivity contribution is 6.42. The Morgan fingerprint density at radius 3 is 2.38 bits per heavy atom. The molecule has 2 aromatic carbocycles. The Hall–Kier alpha value is -2.55. The number of carbonyl (C=O) groups excluding carboxylic acids is 2. The zero-order valence-electron chi connectivity index (χ0n) is 12.7. The number of nitrogens with one attached hydrogen (secondary N) is 1. The van der Waals surface area contributed by atoms with Crippen LogP contribution in [0.2, 0.25) is 10.0 Å². The zero-order valence-corrected chi connectivity index (χ0v) is 14.2. The summed E-state index contributed by atoms with van der Waals surface area (Å²) >= 11 is 11.7. The van der Waals surface area contributed by atoms with E-state index >= 15 is 0 Å². The molecule has 0 aromatic heterocycles. The number of anilines is 1. The van der Waals surface area contributed by atoms with Crippen LogP contribution in [0, 0.1) is 11.3 Å². The number of halogens is 2. The number of nitrogens with zero attached hydrogens (tertiary/aromatic N) is 2. The van der Waals surface area contributed by atoms with Crippen LogP contribution in [0.5, 0.6) is 0 Å². The molecule has 0 heterocycles. The third kappa shape index (κ3) is 4.48. The predicted octanol–water partition coefficient (Wildman–Crippen LogP) is 3.58. The van der Waals surface area contributed by atoms with Crippen molar-refractivity contribution in [3.8, 4) is 6.07 Å². The van der Waals surface area contributed by atoms with Gasteiger partial charge in [0.15, 0.2) is 0 Å². The molecular formula is C17H13Cl2N3O2. The van der Waals surface area contributed by atoms with Gasteiger partial charge in [-0.1, -0.05) is 23.2 Å². The number of hydrogen-bond acceptors (Lipinski definition) is 3. The van der Waals surface area contributed by atoms with E-state index in [-0.39, 0.29) is 18.4 Å². The van der Waals surface area contributed by atoms with Crippen LogP contribution in [0.3, 0.4) is 0 Å². The van der Waals surface area contributed by atoms with Crippen molar-refractivity contribution in [2.24, 2.45) is 0 Å². The highest BCUT2D eigenvalue weighted by Gasteiger charge is 2.15. The molecule has 2 aromatic rings. The lowest BCUT2D eigenvalue weighted by atomic mass is 10.1. The van der Waals surface area contributed by atoms with Gasteiger partial charge >= 0.3 is 0 Å². The molecule has 2 amide bonds. The highest BCUT2D eigenvalue weighted by Crippen LogP contribution is 2.24. The van der Waals surface area contributed by atoms with Crippen molar-refractivity contribution < 1.29 is 9.59 Å². The summed E-state index contributed by atoms with van der Waals surface area (Å²) in [5, 5.41) is 12.1. The minimum atomic E-state index is -0.363. The first-order valence-corrected chi connectivity index (χ1v) is 7.67. The van der Waals surface area contributed by atoms with Crippen LogP contribution in [-0.2, 0) is 4.79 Å². The largest absolute Gasteiger partial charge is 0.332 e. The van der Waals surface area contributed by atoms with Gasteiger partial charge in [-0.05, 0) is 42.5 Å². The fourth-order valence-electron chi connectivity index (χ4n) is 1.97. The van der Waals surface area contributed by atoms with E-state index in [4.69, 9.17) is 28.5 Å². The number of nitriles is 1. The van der Waals surface area contributed by atoms with Gasteiger partial charge < -0.3 is 10.2 Å². The summed E-state index contributed by atoms with van der Waals surface area (Å²) in [7, 11) is 1.52. The van der Waals surface area contributed by atoms with Crippen molar-refractivity contribution in [3.63, 3.8) is 0 Å². The van der Waals surface area contributed by atoms with Gasteiger partial charge in [-0.3, -0.25) is 9.59 Å². The Bertz CT molecular complexity index is 814. The molecule has 0 unspecified atom stereocenters. The molecule has 5 nitrogen and oxygen atoms in total. The molecule has 0 aliphatic carbocycles. The van der Waals surface area contributed by atoms with Gasteiger partial charge in [-0.15, -0.1) is 0 Å². The van der Waals surface area contributed by atoms with Crippen LogP contribution in [-0.4, -0.2) is 30.3 Å². The Morgan fingerprint density at radius 2 is 1.79 bits per heavy atom. The molecule has 1 N–H and O–H groups in total. The lowest BCUT2D eigenvalue weighted by molar-refractivity contribution is -0.116. The number of rotatable bonds is 4. The van der Waals surface area contributed by atoms with Gasteiger partial charge in [0.1, 0.15) is 0 Å². The van der Waals surface area contributed by atoms with Gasteiger partial charge in [0.2, 0.25) is 5.91 Å².